The second-order valence-corrected chi connectivity index (χ2v) is 4.51. The summed E-state index contributed by atoms with van der Waals surface area (Å²) in [6.45, 7) is 2.41. The van der Waals surface area contributed by atoms with Crippen molar-refractivity contribution in [3.8, 4) is 5.75 Å². The summed E-state index contributed by atoms with van der Waals surface area (Å²) in [5.74, 6) is 0.153. The Kier molecular flexibility index (Phi) is 4.40. The second kappa shape index (κ2) is 6.04. The van der Waals surface area contributed by atoms with Crippen LogP contribution in [0, 0.1) is 5.82 Å². The summed E-state index contributed by atoms with van der Waals surface area (Å²) in [6.07, 6.45) is -1.07. The van der Waals surface area contributed by atoms with E-state index < -0.39 is 11.9 Å². The van der Waals surface area contributed by atoms with Gasteiger partial charge in [0.2, 0.25) is 0 Å². The first-order chi connectivity index (χ1) is 9.11. The molecule has 0 spiro atoms. The number of rotatable bonds is 4. The van der Waals surface area contributed by atoms with Crippen LogP contribution in [0.2, 0.25) is 5.02 Å². The van der Waals surface area contributed by atoms with Crippen molar-refractivity contribution in [2.75, 3.05) is 6.61 Å². The van der Waals surface area contributed by atoms with Gasteiger partial charge >= 0.3 is 0 Å². The Hall–Kier alpha value is -1.58. The van der Waals surface area contributed by atoms with E-state index in [0.717, 1.165) is 0 Å². The third kappa shape index (κ3) is 3.25. The topological polar surface area (TPSA) is 29.5 Å². The Morgan fingerprint density at radius 2 is 2.05 bits per heavy atom. The summed E-state index contributed by atoms with van der Waals surface area (Å²) >= 11 is 5.83. The van der Waals surface area contributed by atoms with Crippen LogP contribution in [0.15, 0.2) is 42.5 Å². The van der Waals surface area contributed by atoms with Crippen molar-refractivity contribution in [1.29, 1.82) is 0 Å². The standard InChI is InChI=1S/C15H14ClFO2/c1-2-19-12-5-3-4-10(8-12)15(18)13-9-11(16)6-7-14(13)17/h3-9,15,18H,2H2,1H3. The third-order valence-corrected chi connectivity index (χ3v) is 2.97. The first-order valence-electron chi connectivity index (χ1n) is 5.97. The summed E-state index contributed by atoms with van der Waals surface area (Å²) in [5, 5.41) is 10.6. The lowest BCUT2D eigenvalue weighted by Crippen LogP contribution is -2.03. The van der Waals surface area contributed by atoms with E-state index in [1.807, 2.05) is 6.92 Å². The molecule has 0 fully saturated rings. The number of benzene rings is 2. The maximum atomic E-state index is 13.7. The molecule has 4 heteroatoms. The van der Waals surface area contributed by atoms with Crippen molar-refractivity contribution in [1.82, 2.24) is 0 Å². The van der Waals surface area contributed by atoms with Gasteiger partial charge in [-0.15, -0.1) is 0 Å². The number of aliphatic hydroxyl groups is 1. The minimum atomic E-state index is -1.07. The average molecular weight is 281 g/mol. The highest BCUT2D eigenvalue weighted by Crippen LogP contribution is 2.28. The predicted molar refractivity (Wildman–Crippen MR) is 73.1 cm³/mol. The van der Waals surface area contributed by atoms with E-state index in [4.69, 9.17) is 16.3 Å². The molecule has 2 aromatic rings. The Bertz CT molecular complexity index is 572. The maximum Gasteiger partial charge on any atom is 0.129 e. The fourth-order valence-electron chi connectivity index (χ4n) is 1.84. The van der Waals surface area contributed by atoms with Crippen LogP contribution in [0.1, 0.15) is 24.2 Å². The van der Waals surface area contributed by atoms with Crippen LogP contribution in [0.5, 0.6) is 5.75 Å². The van der Waals surface area contributed by atoms with Gasteiger partial charge in [-0.2, -0.15) is 0 Å². The molecule has 0 saturated heterocycles. The zero-order valence-electron chi connectivity index (χ0n) is 10.4. The zero-order chi connectivity index (χ0) is 13.8. The molecule has 0 bridgehead atoms. The molecule has 2 aromatic carbocycles. The Morgan fingerprint density at radius 1 is 1.26 bits per heavy atom. The summed E-state index contributed by atoms with van der Waals surface area (Å²) in [6, 6.07) is 11.1. The molecular formula is C15H14ClFO2. The minimum Gasteiger partial charge on any atom is -0.494 e. The molecule has 0 aliphatic rings. The number of ether oxygens (including phenoxy) is 1. The molecule has 1 N–H and O–H groups in total. The van der Waals surface area contributed by atoms with Gasteiger partial charge in [-0.25, -0.2) is 4.39 Å². The summed E-state index contributed by atoms with van der Waals surface area (Å²) in [7, 11) is 0. The fourth-order valence-corrected chi connectivity index (χ4v) is 2.03. The van der Waals surface area contributed by atoms with Crippen molar-refractivity contribution in [3.63, 3.8) is 0 Å². The van der Waals surface area contributed by atoms with E-state index >= 15 is 0 Å². The Balaban J connectivity index is 2.35. The van der Waals surface area contributed by atoms with Crippen molar-refractivity contribution < 1.29 is 14.2 Å². The SMILES string of the molecule is CCOc1cccc(C(O)c2cc(Cl)ccc2F)c1. The monoisotopic (exact) mass is 280 g/mol. The molecule has 0 aliphatic carbocycles. The van der Waals surface area contributed by atoms with Crippen molar-refractivity contribution in [2.45, 2.75) is 13.0 Å². The normalized spacial score (nSPS) is 12.2. The fraction of sp³-hybridized carbons (Fsp3) is 0.200. The van der Waals surface area contributed by atoms with E-state index in [-0.39, 0.29) is 5.56 Å². The zero-order valence-corrected chi connectivity index (χ0v) is 11.2. The van der Waals surface area contributed by atoms with E-state index in [0.29, 0.717) is 22.9 Å². The molecule has 100 valence electrons. The molecule has 2 nitrogen and oxygen atoms in total. The molecule has 0 aromatic heterocycles. The first kappa shape index (κ1) is 13.8. The van der Waals surface area contributed by atoms with Gasteiger partial charge in [-0.1, -0.05) is 23.7 Å². The number of halogens is 2. The van der Waals surface area contributed by atoms with Crippen molar-refractivity contribution >= 4 is 11.6 Å². The van der Waals surface area contributed by atoms with Crippen LogP contribution < -0.4 is 4.74 Å². The minimum absolute atomic E-state index is 0.154. The molecule has 1 atom stereocenters. The molecular weight excluding hydrogens is 267 g/mol. The van der Waals surface area contributed by atoms with Gasteiger partial charge in [0.1, 0.15) is 17.7 Å². The van der Waals surface area contributed by atoms with Gasteiger partial charge in [0, 0.05) is 10.6 Å². The molecule has 19 heavy (non-hydrogen) atoms. The molecule has 0 aliphatic heterocycles. The highest BCUT2D eigenvalue weighted by atomic mass is 35.5. The van der Waals surface area contributed by atoms with E-state index in [1.54, 1.807) is 24.3 Å². The third-order valence-electron chi connectivity index (χ3n) is 2.74. The van der Waals surface area contributed by atoms with Gasteiger partial charge in [0.15, 0.2) is 0 Å². The van der Waals surface area contributed by atoms with E-state index in [2.05, 4.69) is 0 Å². The van der Waals surface area contributed by atoms with Gasteiger partial charge in [-0.05, 0) is 42.8 Å². The van der Waals surface area contributed by atoms with Gasteiger partial charge in [0.05, 0.1) is 6.61 Å². The van der Waals surface area contributed by atoms with Crippen LogP contribution in [0.25, 0.3) is 0 Å². The lowest BCUT2D eigenvalue weighted by molar-refractivity contribution is 0.214. The van der Waals surface area contributed by atoms with E-state index in [9.17, 15) is 9.50 Å². The van der Waals surface area contributed by atoms with Gasteiger partial charge in [0.25, 0.3) is 0 Å². The van der Waals surface area contributed by atoms with Crippen molar-refractivity contribution in [3.05, 3.63) is 64.4 Å². The van der Waals surface area contributed by atoms with Gasteiger partial charge < -0.3 is 9.84 Å². The van der Waals surface area contributed by atoms with E-state index in [1.165, 1.54) is 18.2 Å². The summed E-state index contributed by atoms with van der Waals surface area (Å²) in [5.41, 5.74) is 0.716. The second-order valence-electron chi connectivity index (χ2n) is 4.07. The Morgan fingerprint density at radius 3 is 2.79 bits per heavy atom. The van der Waals surface area contributed by atoms with Crippen LogP contribution in [-0.4, -0.2) is 11.7 Å². The molecule has 0 amide bonds. The first-order valence-corrected chi connectivity index (χ1v) is 6.35. The molecule has 1 unspecified atom stereocenters. The largest absolute Gasteiger partial charge is 0.494 e. The maximum absolute atomic E-state index is 13.7. The molecule has 0 radical (unpaired) electrons. The van der Waals surface area contributed by atoms with Crippen LogP contribution in [0.4, 0.5) is 4.39 Å². The Labute approximate surface area is 116 Å². The lowest BCUT2D eigenvalue weighted by atomic mass is 10.0. The van der Waals surface area contributed by atoms with Gasteiger partial charge in [-0.3, -0.25) is 0 Å². The molecule has 0 saturated carbocycles. The predicted octanol–water partition coefficient (Wildman–Crippen LogP) is 3.96. The summed E-state index contributed by atoms with van der Waals surface area (Å²) in [4.78, 5) is 0. The van der Waals surface area contributed by atoms with Crippen molar-refractivity contribution in [2.24, 2.45) is 0 Å². The molecule has 2 rings (SSSR count). The number of aliphatic hydroxyl groups excluding tert-OH is 1. The number of hydrogen-bond acceptors (Lipinski definition) is 2. The molecule has 0 heterocycles. The average Bonchev–Trinajstić information content (AvgIpc) is 2.41. The summed E-state index contributed by atoms with van der Waals surface area (Å²) < 4.78 is 19.1. The lowest BCUT2D eigenvalue weighted by Gasteiger charge is -2.14. The van der Waals surface area contributed by atoms with Crippen LogP contribution in [-0.2, 0) is 0 Å². The number of hydrogen-bond donors (Lipinski definition) is 1. The quantitative estimate of drug-likeness (QED) is 0.918. The highest BCUT2D eigenvalue weighted by molar-refractivity contribution is 6.30. The van der Waals surface area contributed by atoms with Crippen LogP contribution >= 0.6 is 11.6 Å². The highest BCUT2D eigenvalue weighted by Gasteiger charge is 2.16. The van der Waals surface area contributed by atoms with Crippen LogP contribution in [0.3, 0.4) is 0 Å². The smallest absolute Gasteiger partial charge is 0.129 e.